The highest BCUT2D eigenvalue weighted by atomic mass is 16.5. The predicted octanol–water partition coefficient (Wildman–Crippen LogP) is 1.96. The van der Waals surface area contributed by atoms with Gasteiger partial charge in [-0.25, -0.2) is 0 Å². The van der Waals surface area contributed by atoms with E-state index < -0.39 is 0 Å². The fourth-order valence-corrected chi connectivity index (χ4v) is 3.70. The summed E-state index contributed by atoms with van der Waals surface area (Å²) in [6.07, 6.45) is 1.29. The molecule has 2 aromatic rings. The minimum Gasteiger partial charge on any atom is -0.396 e. The van der Waals surface area contributed by atoms with Crippen molar-refractivity contribution in [1.29, 1.82) is 0 Å². The van der Waals surface area contributed by atoms with Gasteiger partial charge in [0.15, 0.2) is 0 Å². The zero-order valence-corrected chi connectivity index (χ0v) is 16.3. The molecule has 0 aromatic carbocycles. The molecule has 1 N–H and O–H groups in total. The molecule has 1 fully saturated rings. The quantitative estimate of drug-likeness (QED) is 0.835. The molecule has 1 atom stereocenters. The van der Waals surface area contributed by atoms with Crippen molar-refractivity contribution in [2.24, 2.45) is 0 Å². The van der Waals surface area contributed by atoms with E-state index in [1.165, 1.54) is 0 Å². The lowest BCUT2D eigenvalue weighted by Gasteiger charge is -2.41. The second kappa shape index (κ2) is 8.63. The fourth-order valence-electron chi connectivity index (χ4n) is 3.70. The summed E-state index contributed by atoms with van der Waals surface area (Å²) < 4.78 is 5.23. The smallest absolute Gasteiger partial charge is 0.259 e. The molecule has 7 heteroatoms. The maximum Gasteiger partial charge on any atom is 0.259 e. The van der Waals surface area contributed by atoms with Gasteiger partial charge in [0.25, 0.3) is 5.91 Å². The van der Waals surface area contributed by atoms with Gasteiger partial charge in [-0.15, -0.1) is 0 Å². The topological polar surface area (TPSA) is 82.7 Å². The number of hydrogen-bond acceptors (Lipinski definition) is 6. The summed E-state index contributed by atoms with van der Waals surface area (Å²) >= 11 is 0. The van der Waals surface area contributed by atoms with Gasteiger partial charge < -0.3 is 14.5 Å². The third kappa shape index (κ3) is 4.36. The second-order valence-corrected chi connectivity index (χ2v) is 7.07. The SMILES string of the molecule is CCc1noc(C)c1C(=O)N1CCN(Cc2cccc(C)n2)[C@@H](CCO)C1. The molecule has 0 radical (unpaired) electrons. The number of aromatic nitrogens is 2. The molecule has 1 amide bonds. The first-order valence-corrected chi connectivity index (χ1v) is 9.55. The summed E-state index contributed by atoms with van der Waals surface area (Å²) in [4.78, 5) is 21.8. The minimum absolute atomic E-state index is 0.0260. The van der Waals surface area contributed by atoms with E-state index in [1.807, 2.05) is 36.9 Å². The number of amides is 1. The van der Waals surface area contributed by atoms with Gasteiger partial charge in [-0.3, -0.25) is 14.7 Å². The van der Waals surface area contributed by atoms with E-state index in [4.69, 9.17) is 4.52 Å². The molecular weight excluding hydrogens is 344 g/mol. The Bertz CT molecular complexity index is 789. The molecule has 0 spiro atoms. The van der Waals surface area contributed by atoms with Crippen LogP contribution in [0, 0.1) is 13.8 Å². The Morgan fingerprint density at radius 2 is 2.15 bits per heavy atom. The highest BCUT2D eigenvalue weighted by Crippen LogP contribution is 2.21. The Labute approximate surface area is 160 Å². The van der Waals surface area contributed by atoms with E-state index in [2.05, 4.69) is 15.0 Å². The summed E-state index contributed by atoms with van der Waals surface area (Å²) in [7, 11) is 0. The van der Waals surface area contributed by atoms with Crippen LogP contribution in [-0.2, 0) is 13.0 Å². The van der Waals surface area contributed by atoms with Crippen LogP contribution >= 0.6 is 0 Å². The van der Waals surface area contributed by atoms with Crippen molar-refractivity contribution in [1.82, 2.24) is 19.9 Å². The van der Waals surface area contributed by atoms with Gasteiger partial charge in [-0.1, -0.05) is 18.1 Å². The van der Waals surface area contributed by atoms with Crippen molar-refractivity contribution >= 4 is 5.91 Å². The first kappa shape index (κ1) is 19.5. The first-order chi connectivity index (χ1) is 13.0. The molecule has 3 rings (SSSR count). The maximum absolute atomic E-state index is 13.1. The molecule has 146 valence electrons. The molecule has 3 heterocycles. The van der Waals surface area contributed by atoms with E-state index >= 15 is 0 Å². The summed E-state index contributed by atoms with van der Waals surface area (Å²) in [5.41, 5.74) is 3.31. The monoisotopic (exact) mass is 372 g/mol. The van der Waals surface area contributed by atoms with Gasteiger partial charge in [-0.2, -0.15) is 0 Å². The van der Waals surface area contributed by atoms with Crippen molar-refractivity contribution in [3.8, 4) is 0 Å². The van der Waals surface area contributed by atoms with Crippen LogP contribution in [-0.4, -0.2) is 63.2 Å². The van der Waals surface area contributed by atoms with Gasteiger partial charge >= 0.3 is 0 Å². The largest absolute Gasteiger partial charge is 0.396 e. The van der Waals surface area contributed by atoms with Gasteiger partial charge in [-0.05, 0) is 38.8 Å². The number of aryl methyl sites for hydroxylation is 3. The molecule has 7 nitrogen and oxygen atoms in total. The average Bonchev–Trinajstić information content (AvgIpc) is 3.03. The zero-order valence-electron chi connectivity index (χ0n) is 16.3. The second-order valence-electron chi connectivity index (χ2n) is 7.07. The van der Waals surface area contributed by atoms with Gasteiger partial charge in [0.2, 0.25) is 0 Å². The molecule has 2 aromatic heterocycles. The van der Waals surface area contributed by atoms with Gasteiger partial charge in [0.1, 0.15) is 11.3 Å². The van der Waals surface area contributed by atoms with E-state index in [-0.39, 0.29) is 18.6 Å². The highest BCUT2D eigenvalue weighted by Gasteiger charge is 2.32. The van der Waals surface area contributed by atoms with E-state index in [0.717, 1.165) is 24.5 Å². The molecular formula is C20H28N4O3. The number of carbonyl (C=O) groups is 1. The molecule has 1 saturated heterocycles. The van der Waals surface area contributed by atoms with Crippen LogP contribution in [0.5, 0.6) is 0 Å². The number of pyridine rings is 1. The molecule has 0 unspecified atom stereocenters. The van der Waals surface area contributed by atoms with Crippen LogP contribution in [0.4, 0.5) is 0 Å². The number of rotatable bonds is 6. The van der Waals surface area contributed by atoms with Crippen molar-refractivity contribution in [2.75, 3.05) is 26.2 Å². The zero-order chi connectivity index (χ0) is 19.4. The summed E-state index contributed by atoms with van der Waals surface area (Å²) in [6, 6.07) is 6.12. The number of aliphatic hydroxyl groups excluding tert-OH is 1. The maximum atomic E-state index is 13.1. The van der Waals surface area contributed by atoms with Crippen molar-refractivity contribution in [3.63, 3.8) is 0 Å². The molecule has 27 heavy (non-hydrogen) atoms. The molecule has 1 aliphatic rings. The lowest BCUT2D eigenvalue weighted by molar-refractivity contribution is 0.0389. The van der Waals surface area contributed by atoms with Crippen molar-refractivity contribution < 1.29 is 14.4 Å². The van der Waals surface area contributed by atoms with Crippen molar-refractivity contribution in [3.05, 3.63) is 46.6 Å². The van der Waals surface area contributed by atoms with E-state index in [9.17, 15) is 9.90 Å². The van der Waals surface area contributed by atoms with Crippen LogP contribution in [0.1, 0.15) is 46.5 Å². The summed E-state index contributed by atoms with van der Waals surface area (Å²) in [5, 5.41) is 13.5. The molecule has 0 saturated carbocycles. The lowest BCUT2D eigenvalue weighted by atomic mass is 10.1. The molecule has 1 aliphatic heterocycles. The van der Waals surface area contributed by atoms with Crippen LogP contribution in [0.15, 0.2) is 22.7 Å². The van der Waals surface area contributed by atoms with Crippen LogP contribution < -0.4 is 0 Å². The van der Waals surface area contributed by atoms with Crippen molar-refractivity contribution in [2.45, 2.75) is 46.2 Å². The summed E-state index contributed by atoms with van der Waals surface area (Å²) in [5.74, 6) is 0.545. The number of hydrogen-bond donors (Lipinski definition) is 1. The van der Waals surface area contributed by atoms with E-state index in [1.54, 1.807) is 6.92 Å². The highest BCUT2D eigenvalue weighted by molar-refractivity contribution is 5.96. The van der Waals surface area contributed by atoms with Crippen LogP contribution in [0.2, 0.25) is 0 Å². The Morgan fingerprint density at radius 1 is 1.33 bits per heavy atom. The fraction of sp³-hybridized carbons (Fsp3) is 0.550. The first-order valence-electron chi connectivity index (χ1n) is 9.55. The third-order valence-corrected chi connectivity index (χ3v) is 5.15. The lowest BCUT2D eigenvalue weighted by Crippen LogP contribution is -2.54. The summed E-state index contributed by atoms with van der Waals surface area (Å²) in [6.45, 7) is 8.52. The predicted molar refractivity (Wildman–Crippen MR) is 101 cm³/mol. The number of piperazine rings is 1. The van der Waals surface area contributed by atoms with Gasteiger partial charge in [0, 0.05) is 44.5 Å². The number of aliphatic hydroxyl groups is 1. The Morgan fingerprint density at radius 3 is 2.85 bits per heavy atom. The molecule has 0 aliphatic carbocycles. The van der Waals surface area contributed by atoms with Gasteiger partial charge in [0.05, 0.1) is 11.4 Å². The minimum atomic E-state index is -0.0260. The Hall–Kier alpha value is -2.25. The Kier molecular flexibility index (Phi) is 6.23. The Balaban J connectivity index is 1.73. The van der Waals surface area contributed by atoms with Crippen LogP contribution in [0.3, 0.4) is 0 Å². The number of carbonyl (C=O) groups excluding carboxylic acids is 1. The normalized spacial score (nSPS) is 18.1. The average molecular weight is 372 g/mol. The molecule has 0 bridgehead atoms. The third-order valence-electron chi connectivity index (χ3n) is 5.15. The van der Waals surface area contributed by atoms with Crippen LogP contribution in [0.25, 0.3) is 0 Å². The van der Waals surface area contributed by atoms with E-state index in [0.29, 0.717) is 42.9 Å². The number of nitrogens with zero attached hydrogens (tertiary/aromatic N) is 4. The standard InChI is InChI=1S/C20H28N4O3/c1-4-18-19(15(3)27-22-18)20(26)24-10-9-23(17(13-24)8-11-25)12-16-7-5-6-14(2)21-16/h5-7,17,25H,4,8-13H2,1-3H3/t17-/m0/s1.